The van der Waals surface area contributed by atoms with Gasteiger partial charge in [-0.05, 0) is 40.6 Å². The van der Waals surface area contributed by atoms with Gasteiger partial charge in [-0.25, -0.2) is 0 Å². The number of hydrogen-bond acceptors (Lipinski definition) is 4. The standard InChI is InChI=1S/C12H10F3NO2S/c13-12(14,15)18-8-1-2-10(17)9(5-8)11(16)7-3-4-19-6-7/h1-6,11,17H,16H2/t11-/m1/s1. The first-order valence-corrected chi connectivity index (χ1v) is 6.17. The quantitative estimate of drug-likeness (QED) is 0.910. The van der Waals surface area contributed by atoms with Crippen LogP contribution in [-0.4, -0.2) is 11.5 Å². The van der Waals surface area contributed by atoms with E-state index in [0.29, 0.717) is 5.56 Å². The minimum absolute atomic E-state index is 0.173. The molecule has 0 amide bonds. The smallest absolute Gasteiger partial charge is 0.508 e. The van der Waals surface area contributed by atoms with E-state index in [4.69, 9.17) is 5.73 Å². The van der Waals surface area contributed by atoms with E-state index in [1.54, 1.807) is 16.8 Å². The highest BCUT2D eigenvalue weighted by Crippen LogP contribution is 2.33. The van der Waals surface area contributed by atoms with Crippen molar-refractivity contribution < 1.29 is 23.0 Å². The fraction of sp³-hybridized carbons (Fsp3) is 0.167. The number of benzene rings is 1. The van der Waals surface area contributed by atoms with Crippen molar-refractivity contribution in [3.05, 3.63) is 46.2 Å². The van der Waals surface area contributed by atoms with E-state index in [2.05, 4.69) is 4.74 Å². The van der Waals surface area contributed by atoms with Gasteiger partial charge in [-0.1, -0.05) is 0 Å². The summed E-state index contributed by atoms with van der Waals surface area (Å²) in [4.78, 5) is 0. The van der Waals surface area contributed by atoms with Gasteiger partial charge in [0, 0.05) is 5.56 Å². The van der Waals surface area contributed by atoms with Gasteiger partial charge in [0.1, 0.15) is 11.5 Å². The van der Waals surface area contributed by atoms with Crippen molar-refractivity contribution in [2.45, 2.75) is 12.4 Å². The molecule has 0 unspecified atom stereocenters. The van der Waals surface area contributed by atoms with Crippen LogP contribution in [0.15, 0.2) is 35.0 Å². The molecular formula is C12H10F3NO2S. The summed E-state index contributed by atoms with van der Waals surface area (Å²) in [6, 6.07) is 4.29. The number of aromatic hydroxyl groups is 1. The number of phenolic OH excluding ortho intramolecular Hbond substituents is 1. The average molecular weight is 289 g/mol. The molecule has 0 saturated heterocycles. The molecule has 1 aromatic heterocycles. The number of halogens is 3. The van der Waals surface area contributed by atoms with Crippen LogP contribution < -0.4 is 10.5 Å². The van der Waals surface area contributed by atoms with Crippen molar-refractivity contribution in [2.24, 2.45) is 5.73 Å². The first kappa shape index (κ1) is 13.7. The van der Waals surface area contributed by atoms with Gasteiger partial charge in [0.15, 0.2) is 0 Å². The molecule has 0 bridgehead atoms. The number of phenols is 1. The van der Waals surface area contributed by atoms with E-state index in [9.17, 15) is 18.3 Å². The zero-order valence-corrected chi connectivity index (χ0v) is 10.3. The molecule has 1 aromatic carbocycles. The molecular weight excluding hydrogens is 279 g/mol. The van der Waals surface area contributed by atoms with E-state index in [1.807, 2.05) is 0 Å². The molecule has 2 aromatic rings. The lowest BCUT2D eigenvalue weighted by atomic mass is 10.0. The van der Waals surface area contributed by atoms with Crippen LogP contribution in [0.5, 0.6) is 11.5 Å². The van der Waals surface area contributed by atoms with E-state index in [0.717, 1.165) is 18.2 Å². The molecule has 102 valence electrons. The summed E-state index contributed by atoms with van der Waals surface area (Å²) in [5.41, 5.74) is 6.80. The molecule has 19 heavy (non-hydrogen) atoms. The van der Waals surface area contributed by atoms with Crippen LogP contribution >= 0.6 is 11.3 Å². The number of thiophene rings is 1. The fourth-order valence-corrected chi connectivity index (χ4v) is 2.31. The Balaban J connectivity index is 2.32. The third-order valence-electron chi connectivity index (χ3n) is 2.47. The second kappa shape index (κ2) is 5.10. The van der Waals surface area contributed by atoms with Crippen molar-refractivity contribution in [1.82, 2.24) is 0 Å². The SMILES string of the molecule is N[C@H](c1ccsc1)c1cc(OC(F)(F)F)ccc1O. The zero-order chi connectivity index (χ0) is 14.0. The summed E-state index contributed by atoms with van der Waals surface area (Å²) in [5, 5.41) is 13.2. The highest BCUT2D eigenvalue weighted by atomic mass is 32.1. The van der Waals surface area contributed by atoms with E-state index < -0.39 is 18.2 Å². The predicted octanol–water partition coefficient (Wildman–Crippen LogP) is 3.40. The molecule has 0 aliphatic heterocycles. The normalized spacial score (nSPS) is 13.3. The topological polar surface area (TPSA) is 55.5 Å². The molecule has 0 aliphatic rings. The number of hydrogen-bond donors (Lipinski definition) is 2. The zero-order valence-electron chi connectivity index (χ0n) is 9.52. The Hall–Kier alpha value is -1.73. The molecule has 7 heteroatoms. The number of nitrogens with two attached hydrogens (primary N) is 1. The molecule has 0 aliphatic carbocycles. The second-order valence-electron chi connectivity index (χ2n) is 3.80. The van der Waals surface area contributed by atoms with Crippen molar-refractivity contribution in [2.75, 3.05) is 0 Å². The van der Waals surface area contributed by atoms with Crippen molar-refractivity contribution >= 4 is 11.3 Å². The molecule has 3 nitrogen and oxygen atoms in total. The number of ether oxygens (including phenoxy) is 1. The molecule has 0 saturated carbocycles. The Morgan fingerprint density at radius 3 is 2.58 bits per heavy atom. The van der Waals surface area contributed by atoms with Gasteiger partial charge in [0.2, 0.25) is 0 Å². The summed E-state index contributed by atoms with van der Waals surface area (Å²) >= 11 is 1.41. The summed E-state index contributed by atoms with van der Waals surface area (Å²) in [6.45, 7) is 0. The largest absolute Gasteiger partial charge is 0.573 e. The maximum atomic E-state index is 12.1. The second-order valence-corrected chi connectivity index (χ2v) is 4.58. The fourth-order valence-electron chi connectivity index (χ4n) is 1.61. The third kappa shape index (κ3) is 3.39. The molecule has 1 heterocycles. The van der Waals surface area contributed by atoms with Crippen LogP contribution in [0.25, 0.3) is 0 Å². The van der Waals surface area contributed by atoms with Crippen LogP contribution in [0.2, 0.25) is 0 Å². The number of rotatable bonds is 3. The summed E-state index contributed by atoms with van der Waals surface area (Å²) in [7, 11) is 0. The van der Waals surface area contributed by atoms with Crippen molar-refractivity contribution in [3.8, 4) is 11.5 Å². The van der Waals surface area contributed by atoms with Crippen molar-refractivity contribution in [3.63, 3.8) is 0 Å². The monoisotopic (exact) mass is 289 g/mol. The van der Waals surface area contributed by atoms with Crippen molar-refractivity contribution in [1.29, 1.82) is 0 Å². The molecule has 0 spiro atoms. The highest BCUT2D eigenvalue weighted by Gasteiger charge is 2.31. The lowest BCUT2D eigenvalue weighted by Crippen LogP contribution is -2.18. The summed E-state index contributed by atoms with van der Waals surface area (Å²) < 4.78 is 40.2. The molecule has 3 N–H and O–H groups in total. The predicted molar refractivity (Wildman–Crippen MR) is 65.1 cm³/mol. The lowest BCUT2D eigenvalue weighted by molar-refractivity contribution is -0.274. The minimum atomic E-state index is -4.78. The summed E-state index contributed by atoms with van der Waals surface area (Å²) in [6.07, 6.45) is -4.78. The van der Waals surface area contributed by atoms with Crippen LogP contribution in [0.3, 0.4) is 0 Å². The third-order valence-corrected chi connectivity index (χ3v) is 3.17. The highest BCUT2D eigenvalue weighted by molar-refractivity contribution is 7.08. The van der Waals surface area contributed by atoms with Gasteiger partial charge in [-0.2, -0.15) is 11.3 Å². The molecule has 0 fully saturated rings. The Morgan fingerprint density at radius 1 is 1.26 bits per heavy atom. The van der Waals surface area contributed by atoms with Gasteiger partial charge in [0.05, 0.1) is 6.04 Å². The molecule has 2 rings (SSSR count). The Labute approximate surface area is 111 Å². The van der Waals surface area contributed by atoms with E-state index in [1.165, 1.54) is 11.3 Å². The van der Waals surface area contributed by atoms with E-state index in [-0.39, 0.29) is 11.3 Å². The van der Waals surface area contributed by atoms with Gasteiger partial charge in [0.25, 0.3) is 0 Å². The Kier molecular flexibility index (Phi) is 3.68. The Morgan fingerprint density at radius 2 is 2.00 bits per heavy atom. The molecule has 0 radical (unpaired) electrons. The van der Waals surface area contributed by atoms with E-state index >= 15 is 0 Å². The van der Waals surface area contributed by atoms with Crippen LogP contribution in [0, 0.1) is 0 Å². The number of alkyl halides is 3. The van der Waals surface area contributed by atoms with Gasteiger partial charge < -0.3 is 15.6 Å². The van der Waals surface area contributed by atoms with Gasteiger partial charge in [-0.15, -0.1) is 13.2 Å². The summed E-state index contributed by atoms with van der Waals surface area (Å²) in [5.74, 6) is -0.584. The van der Waals surface area contributed by atoms with Crippen LogP contribution in [-0.2, 0) is 0 Å². The maximum Gasteiger partial charge on any atom is 0.573 e. The lowest BCUT2D eigenvalue weighted by Gasteiger charge is -2.15. The van der Waals surface area contributed by atoms with Crippen LogP contribution in [0.1, 0.15) is 17.2 Å². The minimum Gasteiger partial charge on any atom is -0.508 e. The maximum absolute atomic E-state index is 12.1. The van der Waals surface area contributed by atoms with Crippen LogP contribution in [0.4, 0.5) is 13.2 Å². The average Bonchev–Trinajstić information content (AvgIpc) is 2.82. The first-order valence-electron chi connectivity index (χ1n) is 5.23. The van der Waals surface area contributed by atoms with Gasteiger partial charge in [-0.3, -0.25) is 0 Å². The first-order chi connectivity index (χ1) is 8.87. The van der Waals surface area contributed by atoms with Gasteiger partial charge >= 0.3 is 6.36 Å². The Bertz CT molecular complexity index is 555. The molecule has 1 atom stereocenters.